The van der Waals surface area contributed by atoms with Crippen molar-refractivity contribution in [3.05, 3.63) is 70.2 Å². The Kier molecular flexibility index (Phi) is 6.14. The fourth-order valence-corrected chi connectivity index (χ4v) is 5.52. The molecule has 3 heterocycles. The molecule has 0 bridgehead atoms. The van der Waals surface area contributed by atoms with Crippen LogP contribution < -0.4 is 4.90 Å². The number of aryl methyl sites for hydroxylation is 1. The number of anilines is 1. The lowest BCUT2D eigenvalue weighted by atomic mass is 9.96. The van der Waals surface area contributed by atoms with Gasteiger partial charge in [0.1, 0.15) is 6.07 Å². The molecular weight excluding hydrogens is 446 g/mol. The van der Waals surface area contributed by atoms with Gasteiger partial charge >= 0.3 is 0 Å². The topological polar surface area (TPSA) is 80.5 Å². The van der Waals surface area contributed by atoms with Gasteiger partial charge in [-0.1, -0.05) is 42.5 Å². The van der Waals surface area contributed by atoms with Crippen LogP contribution in [0.4, 0.5) is 5.69 Å². The number of piperazine rings is 1. The number of rotatable bonds is 4. The van der Waals surface area contributed by atoms with Crippen molar-refractivity contribution in [2.24, 2.45) is 0 Å². The van der Waals surface area contributed by atoms with Crippen LogP contribution in [0.1, 0.15) is 27.3 Å². The predicted molar refractivity (Wildman–Crippen MR) is 132 cm³/mol. The van der Waals surface area contributed by atoms with E-state index in [0.717, 1.165) is 29.8 Å². The molecule has 0 spiro atoms. The van der Waals surface area contributed by atoms with Crippen LogP contribution in [0.3, 0.4) is 0 Å². The lowest BCUT2D eigenvalue weighted by Crippen LogP contribution is -2.52. The average Bonchev–Trinajstić information content (AvgIpc) is 3.54. The second kappa shape index (κ2) is 9.37. The number of amides is 2. The third-order valence-electron chi connectivity index (χ3n) is 6.68. The maximum Gasteiger partial charge on any atom is 0.282 e. The van der Waals surface area contributed by atoms with Crippen LogP contribution in [0, 0.1) is 18.3 Å². The fourth-order valence-electron chi connectivity index (χ4n) is 4.92. The minimum atomic E-state index is -0.0224. The molecule has 2 aromatic carbocycles. The molecule has 0 saturated carbocycles. The molecule has 2 saturated heterocycles. The van der Waals surface area contributed by atoms with E-state index in [0.29, 0.717) is 42.3 Å². The van der Waals surface area contributed by atoms with E-state index in [-0.39, 0.29) is 17.9 Å². The fraction of sp³-hybridized carbons (Fsp3) is 0.308. The van der Waals surface area contributed by atoms with Gasteiger partial charge in [0.2, 0.25) is 5.91 Å². The van der Waals surface area contributed by atoms with Crippen LogP contribution in [0.2, 0.25) is 0 Å². The summed E-state index contributed by atoms with van der Waals surface area (Å²) in [5.41, 5.74) is 3.98. The minimum absolute atomic E-state index is 0.0224. The van der Waals surface area contributed by atoms with Crippen LogP contribution in [0.15, 0.2) is 54.0 Å². The molecule has 1 unspecified atom stereocenters. The maximum atomic E-state index is 13.1. The number of benzene rings is 2. The highest BCUT2D eigenvalue weighted by Crippen LogP contribution is 2.36. The van der Waals surface area contributed by atoms with Crippen LogP contribution in [0.25, 0.3) is 11.1 Å². The van der Waals surface area contributed by atoms with Gasteiger partial charge in [-0.15, -0.1) is 11.3 Å². The van der Waals surface area contributed by atoms with Crippen molar-refractivity contribution in [3.63, 3.8) is 0 Å². The Hall–Kier alpha value is -3.54. The van der Waals surface area contributed by atoms with Crippen molar-refractivity contribution in [2.45, 2.75) is 19.4 Å². The highest BCUT2D eigenvalue weighted by atomic mass is 32.1. The first-order valence-corrected chi connectivity index (χ1v) is 12.3. The number of carbonyl (C=O) groups excluding carboxylic acids is 2. The van der Waals surface area contributed by atoms with Crippen molar-refractivity contribution < 1.29 is 9.59 Å². The standard InChI is InChI=1S/C26H25N5O2S/c1-18-7-8-21(19-5-3-2-4-6-19)22(16-27)24(18)31-17-20(15-23(31)32)29-10-12-30(13-11-29)26(33)25-28-9-14-34-25/h2-9,14,20H,10-13,15,17H2,1H3. The summed E-state index contributed by atoms with van der Waals surface area (Å²) in [5, 5.41) is 12.4. The van der Waals surface area contributed by atoms with Gasteiger partial charge in [0.25, 0.3) is 5.91 Å². The van der Waals surface area contributed by atoms with E-state index in [9.17, 15) is 14.9 Å². The summed E-state index contributed by atoms with van der Waals surface area (Å²) >= 11 is 1.36. The average molecular weight is 472 g/mol. The van der Waals surface area contributed by atoms with Crippen molar-refractivity contribution in [3.8, 4) is 17.2 Å². The van der Waals surface area contributed by atoms with Crippen molar-refractivity contribution in [1.29, 1.82) is 5.26 Å². The SMILES string of the molecule is Cc1ccc(-c2ccccc2)c(C#N)c1N1CC(N2CCN(C(=O)c3nccs3)CC2)CC1=O. The zero-order chi connectivity index (χ0) is 23.7. The largest absolute Gasteiger partial charge is 0.334 e. The summed E-state index contributed by atoms with van der Waals surface area (Å²) in [6, 6.07) is 16.2. The Morgan fingerprint density at radius 2 is 1.88 bits per heavy atom. The molecule has 172 valence electrons. The van der Waals surface area contributed by atoms with Gasteiger partial charge in [0, 0.05) is 62.3 Å². The molecule has 2 aliphatic heterocycles. The van der Waals surface area contributed by atoms with Crippen LogP contribution in [-0.2, 0) is 4.79 Å². The Morgan fingerprint density at radius 1 is 1.12 bits per heavy atom. The monoisotopic (exact) mass is 471 g/mol. The van der Waals surface area contributed by atoms with Gasteiger partial charge in [-0.05, 0) is 18.1 Å². The zero-order valence-electron chi connectivity index (χ0n) is 19.0. The molecule has 2 aliphatic rings. The Morgan fingerprint density at radius 3 is 2.56 bits per heavy atom. The molecule has 0 radical (unpaired) electrons. The van der Waals surface area contributed by atoms with Gasteiger partial charge in [-0.2, -0.15) is 5.26 Å². The van der Waals surface area contributed by atoms with E-state index in [2.05, 4.69) is 16.0 Å². The third-order valence-corrected chi connectivity index (χ3v) is 7.45. The van der Waals surface area contributed by atoms with Crippen LogP contribution >= 0.6 is 11.3 Å². The third kappa shape index (κ3) is 4.09. The number of nitriles is 1. The molecule has 5 rings (SSSR count). The molecular formula is C26H25N5O2S. The quantitative estimate of drug-likeness (QED) is 0.581. The second-order valence-electron chi connectivity index (χ2n) is 8.66. The first-order valence-electron chi connectivity index (χ1n) is 11.4. The summed E-state index contributed by atoms with van der Waals surface area (Å²) < 4.78 is 0. The molecule has 8 heteroatoms. The molecule has 34 heavy (non-hydrogen) atoms. The van der Waals surface area contributed by atoms with Crippen molar-refractivity contribution in [1.82, 2.24) is 14.8 Å². The lowest BCUT2D eigenvalue weighted by molar-refractivity contribution is -0.117. The second-order valence-corrected chi connectivity index (χ2v) is 9.55. The number of hydrogen-bond acceptors (Lipinski definition) is 6. The van der Waals surface area contributed by atoms with E-state index < -0.39 is 0 Å². The molecule has 0 N–H and O–H groups in total. The molecule has 2 amide bonds. The smallest absolute Gasteiger partial charge is 0.282 e. The highest BCUT2D eigenvalue weighted by Gasteiger charge is 2.38. The molecule has 3 aromatic rings. The minimum Gasteiger partial charge on any atom is -0.334 e. The first-order chi connectivity index (χ1) is 16.6. The molecule has 2 fully saturated rings. The Labute approximate surface area is 202 Å². The summed E-state index contributed by atoms with van der Waals surface area (Å²) in [7, 11) is 0. The summed E-state index contributed by atoms with van der Waals surface area (Å²) in [6.45, 7) is 5.18. The van der Waals surface area contributed by atoms with E-state index in [1.54, 1.807) is 11.1 Å². The first kappa shape index (κ1) is 22.3. The summed E-state index contributed by atoms with van der Waals surface area (Å²) in [4.78, 5) is 35.8. The summed E-state index contributed by atoms with van der Waals surface area (Å²) in [5.74, 6) is 0.0156. The van der Waals surface area contributed by atoms with E-state index in [1.807, 2.05) is 59.7 Å². The van der Waals surface area contributed by atoms with Gasteiger partial charge in [0.15, 0.2) is 5.01 Å². The Bertz CT molecular complexity index is 1240. The van der Waals surface area contributed by atoms with Gasteiger partial charge in [0.05, 0.1) is 11.3 Å². The van der Waals surface area contributed by atoms with Crippen molar-refractivity contribution in [2.75, 3.05) is 37.6 Å². The molecule has 1 aromatic heterocycles. The van der Waals surface area contributed by atoms with Gasteiger partial charge in [-0.25, -0.2) is 4.98 Å². The van der Waals surface area contributed by atoms with E-state index in [1.165, 1.54) is 11.3 Å². The summed E-state index contributed by atoms with van der Waals surface area (Å²) in [6.07, 6.45) is 2.07. The molecule has 1 atom stereocenters. The zero-order valence-corrected chi connectivity index (χ0v) is 19.8. The molecule has 0 aliphatic carbocycles. The van der Waals surface area contributed by atoms with E-state index >= 15 is 0 Å². The van der Waals surface area contributed by atoms with Gasteiger partial charge in [-0.3, -0.25) is 14.5 Å². The Balaban J connectivity index is 1.33. The van der Waals surface area contributed by atoms with Gasteiger partial charge < -0.3 is 9.80 Å². The molecule has 7 nitrogen and oxygen atoms in total. The predicted octanol–water partition coefficient (Wildman–Crippen LogP) is 3.55. The van der Waals surface area contributed by atoms with Crippen LogP contribution in [0.5, 0.6) is 0 Å². The number of carbonyl (C=O) groups is 2. The number of thiazole rings is 1. The lowest BCUT2D eigenvalue weighted by Gasteiger charge is -2.37. The number of aromatic nitrogens is 1. The van der Waals surface area contributed by atoms with Crippen LogP contribution in [-0.4, -0.2) is 65.4 Å². The van der Waals surface area contributed by atoms with E-state index in [4.69, 9.17) is 0 Å². The number of hydrogen-bond donors (Lipinski definition) is 0. The number of nitrogens with zero attached hydrogens (tertiary/aromatic N) is 5. The maximum absolute atomic E-state index is 13.1. The highest BCUT2D eigenvalue weighted by molar-refractivity contribution is 7.11. The van der Waals surface area contributed by atoms with Crippen molar-refractivity contribution >= 4 is 28.8 Å². The normalized spacial score (nSPS) is 18.8.